The quantitative estimate of drug-likeness (QED) is 0.497. The van der Waals surface area contributed by atoms with Crippen LogP contribution in [0.5, 0.6) is 0 Å². The normalized spacial score (nSPS) is 15.9. The predicted octanol–water partition coefficient (Wildman–Crippen LogP) is 3.17. The molecular weight excluding hydrogens is 414 g/mol. The van der Waals surface area contributed by atoms with Crippen molar-refractivity contribution in [1.82, 2.24) is 14.3 Å². The van der Waals surface area contributed by atoms with Gasteiger partial charge in [-0.3, -0.25) is 0 Å². The van der Waals surface area contributed by atoms with Gasteiger partial charge < -0.3 is 9.32 Å². The van der Waals surface area contributed by atoms with Crippen molar-refractivity contribution in [2.24, 2.45) is 0 Å². The molecule has 0 spiro atoms. The van der Waals surface area contributed by atoms with Gasteiger partial charge in [0, 0.05) is 31.6 Å². The lowest BCUT2D eigenvalue weighted by Crippen LogP contribution is -2.49. The standard InChI is InChI=1S/C20H16F2N4O3S/c21-15-6-5-13(11-16(15)22)30(27,28)26-9-7-25(8-10-26)20-19-18(23-12-24-20)14-3-1-2-4-17(14)29-19/h1-6,11-12H,7-10H2. The highest BCUT2D eigenvalue weighted by atomic mass is 32.2. The Morgan fingerprint density at radius 3 is 2.47 bits per heavy atom. The minimum absolute atomic E-state index is 0.174. The number of hydrogen-bond donors (Lipinski definition) is 0. The van der Waals surface area contributed by atoms with Gasteiger partial charge in [-0.2, -0.15) is 4.31 Å². The van der Waals surface area contributed by atoms with Gasteiger partial charge in [0.25, 0.3) is 0 Å². The number of anilines is 1. The Balaban J connectivity index is 1.41. The summed E-state index contributed by atoms with van der Waals surface area (Å²) in [5, 5.41) is 0.885. The van der Waals surface area contributed by atoms with Gasteiger partial charge in [0.05, 0.1) is 4.90 Å². The molecule has 0 amide bonds. The van der Waals surface area contributed by atoms with Gasteiger partial charge in [-0.25, -0.2) is 27.2 Å². The van der Waals surface area contributed by atoms with E-state index in [1.54, 1.807) is 0 Å². The van der Waals surface area contributed by atoms with Crippen LogP contribution >= 0.6 is 0 Å². The van der Waals surface area contributed by atoms with Crippen LogP contribution in [0.3, 0.4) is 0 Å². The number of rotatable bonds is 3. The molecule has 0 aliphatic carbocycles. The number of piperazine rings is 1. The fraction of sp³-hybridized carbons (Fsp3) is 0.200. The molecule has 1 saturated heterocycles. The number of sulfonamides is 1. The predicted molar refractivity (Wildman–Crippen MR) is 107 cm³/mol. The van der Waals surface area contributed by atoms with Gasteiger partial charge in [-0.05, 0) is 30.3 Å². The number of hydrogen-bond acceptors (Lipinski definition) is 6. The minimum atomic E-state index is -3.93. The average molecular weight is 430 g/mol. The third kappa shape index (κ3) is 2.99. The van der Waals surface area contributed by atoms with Crippen molar-refractivity contribution >= 4 is 37.9 Å². The van der Waals surface area contributed by atoms with E-state index in [0.29, 0.717) is 41.7 Å². The first-order valence-corrected chi connectivity index (χ1v) is 10.7. The van der Waals surface area contributed by atoms with Crippen LogP contribution in [0.1, 0.15) is 0 Å². The monoisotopic (exact) mass is 430 g/mol. The molecule has 0 bridgehead atoms. The summed E-state index contributed by atoms with van der Waals surface area (Å²) in [4.78, 5) is 10.4. The molecular formula is C20H16F2N4O3S. The largest absolute Gasteiger partial charge is 0.450 e. The van der Waals surface area contributed by atoms with Gasteiger partial charge in [-0.15, -0.1) is 0 Å². The molecule has 1 fully saturated rings. The minimum Gasteiger partial charge on any atom is -0.450 e. The van der Waals surface area contributed by atoms with Crippen molar-refractivity contribution in [1.29, 1.82) is 0 Å². The first-order chi connectivity index (χ1) is 14.4. The van der Waals surface area contributed by atoms with E-state index < -0.39 is 21.7 Å². The van der Waals surface area contributed by atoms with Crippen LogP contribution in [0.15, 0.2) is 58.1 Å². The van der Waals surface area contributed by atoms with Gasteiger partial charge in [0.2, 0.25) is 10.0 Å². The van der Waals surface area contributed by atoms with Crippen LogP contribution in [0.25, 0.3) is 22.1 Å². The molecule has 5 rings (SSSR count). The Morgan fingerprint density at radius 1 is 0.933 bits per heavy atom. The van der Waals surface area contributed by atoms with E-state index >= 15 is 0 Å². The Bertz CT molecular complexity index is 1370. The summed E-state index contributed by atoms with van der Waals surface area (Å²) >= 11 is 0. The van der Waals surface area contributed by atoms with Gasteiger partial charge in [-0.1, -0.05) is 12.1 Å². The smallest absolute Gasteiger partial charge is 0.243 e. The van der Waals surface area contributed by atoms with Crippen molar-refractivity contribution in [2.75, 3.05) is 31.1 Å². The van der Waals surface area contributed by atoms with Gasteiger partial charge >= 0.3 is 0 Å². The van der Waals surface area contributed by atoms with E-state index in [1.165, 1.54) is 10.6 Å². The van der Waals surface area contributed by atoms with Crippen LogP contribution in [-0.2, 0) is 10.0 Å². The number of nitrogens with zero attached hydrogens (tertiary/aromatic N) is 4. The van der Waals surface area contributed by atoms with Gasteiger partial charge in [0.15, 0.2) is 23.0 Å². The summed E-state index contributed by atoms with van der Waals surface area (Å²) in [6, 6.07) is 10.2. The summed E-state index contributed by atoms with van der Waals surface area (Å²) in [6.45, 7) is 1.08. The number of furan rings is 1. The molecule has 0 saturated carbocycles. The van der Waals surface area contributed by atoms with Crippen molar-refractivity contribution in [3.8, 4) is 0 Å². The third-order valence-corrected chi connectivity index (χ3v) is 7.10. The molecule has 0 atom stereocenters. The van der Waals surface area contributed by atoms with Crippen molar-refractivity contribution in [3.05, 3.63) is 60.4 Å². The maximum Gasteiger partial charge on any atom is 0.243 e. The highest BCUT2D eigenvalue weighted by Gasteiger charge is 2.30. The first-order valence-electron chi connectivity index (χ1n) is 9.27. The molecule has 10 heteroatoms. The first kappa shape index (κ1) is 18.9. The van der Waals surface area contributed by atoms with E-state index in [0.717, 1.165) is 17.5 Å². The highest BCUT2D eigenvalue weighted by molar-refractivity contribution is 7.89. The molecule has 2 aromatic carbocycles. The molecule has 1 aliphatic heterocycles. The fourth-order valence-electron chi connectivity index (χ4n) is 3.66. The zero-order valence-corrected chi connectivity index (χ0v) is 16.4. The fourth-order valence-corrected chi connectivity index (χ4v) is 5.10. The lowest BCUT2D eigenvalue weighted by molar-refractivity contribution is 0.383. The van der Waals surface area contributed by atoms with Crippen molar-refractivity contribution < 1.29 is 21.6 Å². The number of fused-ring (bicyclic) bond motifs is 3. The number of halogens is 2. The van der Waals surface area contributed by atoms with Crippen LogP contribution in [0.2, 0.25) is 0 Å². The summed E-state index contributed by atoms with van der Waals surface area (Å²) < 4.78 is 59.5. The SMILES string of the molecule is O=S(=O)(c1ccc(F)c(F)c1)N1CCN(c2ncnc3c2oc2ccccc23)CC1. The van der Waals surface area contributed by atoms with Gasteiger partial charge in [0.1, 0.15) is 17.4 Å². The Morgan fingerprint density at radius 2 is 1.70 bits per heavy atom. The second-order valence-electron chi connectivity index (χ2n) is 6.94. The van der Waals surface area contributed by atoms with E-state index in [-0.39, 0.29) is 18.0 Å². The van der Waals surface area contributed by atoms with E-state index in [9.17, 15) is 17.2 Å². The molecule has 7 nitrogen and oxygen atoms in total. The van der Waals surface area contributed by atoms with Crippen LogP contribution in [0.4, 0.5) is 14.6 Å². The lowest BCUT2D eigenvalue weighted by Gasteiger charge is -2.34. The molecule has 0 unspecified atom stereocenters. The Labute approximate surface area is 170 Å². The maximum absolute atomic E-state index is 13.5. The highest BCUT2D eigenvalue weighted by Crippen LogP contribution is 2.32. The zero-order valence-electron chi connectivity index (χ0n) is 15.6. The third-order valence-electron chi connectivity index (χ3n) is 5.21. The molecule has 0 N–H and O–H groups in total. The van der Waals surface area contributed by atoms with E-state index in [4.69, 9.17) is 4.42 Å². The average Bonchev–Trinajstić information content (AvgIpc) is 3.14. The lowest BCUT2D eigenvalue weighted by atomic mass is 10.2. The topological polar surface area (TPSA) is 79.5 Å². The van der Waals surface area contributed by atoms with Crippen molar-refractivity contribution in [2.45, 2.75) is 4.90 Å². The van der Waals surface area contributed by atoms with E-state index in [2.05, 4.69) is 9.97 Å². The summed E-state index contributed by atoms with van der Waals surface area (Å²) in [6.07, 6.45) is 1.46. The summed E-state index contributed by atoms with van der Waals surface area (Å²) in [7, 11) is -3.93. The Hall–Kier alpha value is -3.11. The van der Waals surface area contributed by atoms with Crippen LogP contribution in [-0.4, -0.2) is 48.9 Å². The Kier molecular flexibility index (Phi) is 4.40. The molecule has 2 aromatic heterocycles. The number of benzene rings is 2. The summed E-state index contributed by atoms with van der Waals surface area (Å²) in [5.74, 6) is -1.68. The second kappa shape index (κ2) is 6.99. The molecule has 3 heterocycles. The second-order valence-corrected chi connectivity index (χ2v) is 8.88. The van der Waals surface area contributed by atoms with Crippen LogP contribution < -0.4 is 4.90 Å². The zero-order chi connectivity index (χ0) is 20.9. The molecule has 4 aromatic rings. The molecule has 0 radical (unpaired) electrons. The van der Waals surface area contributed by atoms with Crippen LogP contribution in [0, 0.1) is 11.6 Å². The van der Waals surface area contributed by atoms with Crippen molar-refractivity contribution in [3.63, 3.8) is 0 Å². The molecule has 30 heavy (non-hydrogen) atoms. The number of para-hydroxylation sites is 1. The maximum atomic E-state index is 13.5. The van der Waals surface area contributed by atoms with E-state index in [1.807, 2.05) is 29.2 Å². The molecule has 1 aliphatic rings. The molecule has 154 valence electrons. The number of aromatic nitrogens is 2. The summed E-state index contributed by atoms with van der Waals surface area (Å²) in [5.41, 5.74) is 1.96.